The molecule has 4 nitrogen and oxygen atoms in total. The Kier molecular flexibility index (Phi) is 5.70. The lowest BCUT2D eigenvalue weighted by Gasteiger charge is -2.30. The van der Waals surface area contributed by atoms with Crippen molar-refractivity contribution in [1.29, 1.82) is 0 Å². The van der Waals surface area contributed by atoms with Gasteiger partial charge in [-0.25, -0.2) is 4.39 Å². The zero-order valence-corrected chi connectivity index (χ0v) is 12.1. The van der Waals surface area contributed by atoms with Crippen LogP contribution in [-0.2, 0) is 11.2 Å². The quantitative estimate of drug-likeness (QED) is 0.718. The van der Waals surface area contributed by atoms with Gasteiger partial charge >= 0.3 is 0 Å². The molecule has 0 saturated heterocycles. The highest BCUT2D eigenvalue weighted by atomic mass is 19.1. The maximum Gasteiger partial charge on any atom is 0.223 e. The van der Waals surface area contributed by atoms with E-state index in [0.717, 1.165) is 0 Å². The number of benzene rings is 1. The number of aliphatic hydroxyl groups is 1. The molecule has 5 heteroatoms. The number of aliphatic hydroxyl groups excluding tert-OH is 1. The van der Waals surface area contributed by atoms with E-state index < -0.39 is 6.10 Å². The summed E-state index contributed by atoms with van der Waals surface area (Å²) in [7, 11) is 0. The molecule has 3 atom stereocenters. The van der Waals surface area contributed by atoms with Crippen LogP contribution in [0, 0.1) is 11.7 Å². The number of aryl methyl sites for hydroxylation is 1. The van der Waals surface area contributed by atoms with Crippen LogP contribution in [-0.4, -0.2) is 29.7 Å². The molecule has 2 rings (SSSR count). The molecule has 1 fully saturated rings. The average molecular weight is 294 g/mol. The van der Waals surface area contributed by atoms with Gasteiger partial charge in [0.25, 0.3) is 0 Å². The molecule has 4 N–H and O–H groups in total. The fourth-order valence-corrected chi connectivity index (χ4v) is 2.76. The van der Waals surface area contributed by atoms with Gasteiger partial charge in [0.2, 0.25) is 5.91 Å². The first-order valence-corrected chi connectivity index (χ1v) is 7.52. The minimum Gasteiger partial charge on any atom is -0.392 e. The third-order valence-corrected chi connectivity index (χ3v) is 4.11. The standard InChI is InChI=1S/C16H23FN2O2/c17-13-6-2-1-4-11(13)5-3-9-19-16(21)12-7-8-15(20)14(18)10-12/h1-2,4,6,12,14-15,20H,3,5,7-10,18H2,(H,19,21)/t12-,14+,15+/m0/s1. The molecule has 1 saturated carbocycles. The molecule has 1 aromatic carbocycles. The van der Waals surface area contributed by atoms with E-state index in [1.54, 1.807) is 12.1 Å². The van der Waals surface area contributed by atoms with Crippen molar-refractivity contribution in [3.05, 3.63) is 35.6 Å². The van der Waals surface area contributed by atoms with Crippen LogP contribution in [0.5, 0.6) is 0 Å². The number of halogens is 1. The summed E-state index contributed by atoms with van der Waals surface area (Å²) >= 11 is 0. The molecule has 0 heterocycles. The Balaban J connectivity index is 1.69. The second-order valence-electron chi connectivity index (χ2n) is 5.73. The predicted molar refractivity (Wildman–Crippen MR) is 79.1 cm³/mol. The maximum absolute atomic E-state index is 13.4. The van der Waals surface area contributed by atoms with E-state index in [4.69, 9.17) is 5.73 Å². The van der Waals surface area contributed by atoms with Gasteiger partial charge in [0.15, 0.2) is 0 Å². The van der Waals surface area contributed by atoms with Gasteiger partial charge < -0.3 is 16.2 Å². The molecular formula is C16H23FN2O2. The van der Waals surface area contributed by atoms with Crippen molar-refractivity contribution in [1.82, 2.24) is 5.32 Å². The van der Waals surface area contributed by atoms with Crippen molar-refractivity contribution in [3.63, 3.8) is 0 Å². The smallest absolute Gasteiger partial charge is 0.223 e. The summed E-state index contributed by atoms with van der Waals surface area (Å²) in [6.07, 6.45) is 2.60. The normalized spacial score (nSPS) is 25.6. The zero-order valence-electron chi connectivity index (χ0n) is 12.1. The number of nitrogens with one attached hydrogen (secondary N) is 1. The molecule has 1 aliphatic rings. The van der Waals surface area contributed by atoms with Gasteiger partial charge in [0.05, 0.1) is 6.10 Å². The first-order valence-electron chi connectivity index (χ1n) is 7.52. The number of amides is 1. The second kappa shape index (κ2) is 7.52. The maximum atomic E-state index is 13.4. The number of rotatable bonds is 5. The monoisotopic (exact) mass is 294 g/mol. The fourth-order valence-electron chi connectivity index (χ4n) is 2.76. The van der Waals surface area contributed by atoms with Crippen molar-refractivity contribution in [3.8, 4) is 0 Å². The predicted octanol–water partition coefficient (Wildman–Crippen LogP) is 1.36. The van der Waals surface area contributed by atoms with Gasteiger partial charge in [-0.3, -0.25) is 4.79 Å². The lowest BCUT2D eigenvalue weighted by Crippen LogP contribution is -2.45. The van der Waals surface area contributed by atoms with E-state index in [9.17, 15) is 14.3 Å². The van der Waals surface area contributed by atoms with E-state index in [2.05, 4.69) is 5.32 Å². The van der Waals surface area contributed by atoms with Gasteiger partial charge in [-0.1, -0.05) is 18.2 Å². The van der Waals surface area contributed by atoms with Gasteiger partial charge in [0, 0.05) is 18.5 Å². The Bertz CT molecular complexity index is 481. The average Bonchev–Trinajstić information content (AvgIpc) is 2.48. The van der Waals surface area contributed by atoms with Crippen LogP contribution >= 0.6 is 0 Å². The highest BCUT2D eigenvalue weighted by Crippen LogP contribution is 2.23. The van der Waals surface area contributed by atoms with Crippen molar-refractivity contribution < 1.29 is 14.3 Å². The molecule has 1 aliphatic carbocycles. The highest BCUT2D eigenvalue weighted by molar-refractivity contribution is 5.78. The molecule has 0 bridgehead atoms. The number of hydrogen-bond acceptors (Lipinski definition) is 3. The van der Waals surface area contributed by atoms with Crippen LogP contribution in [0.4, 0.5) is 4.39 Å². The van der Waals surface area contributed by atoms with E-state index in [1.165, 1.54) is 6.07 Å². The molecule has 0 spiro atoms. The van der Waals surface area contributed by atoms with Crippen LogP contribution in [0.1, 0.15) is 31.2 Å². The van der Waals surface area contributed by atoms with Crippen LogP contribution in [0.2, 0.25) is 0 Å². The Morgan fingerprint density at radius 1 is 1.38 bits per heavy atom. The molecule has 1 aromatic rings. The number of carbonyl (C=O) groups excluding carboxylic acids is 1. The second-order valence-corrected chi connectivity index (χ2v) is 5.73. The van der Waals surface area contributed by atoms with E-state index in [1.807, 2.05) is 6.07 Å². The van der Waals surface area contributed by atoms with Crippen molar-refractivity contribution in [2.45, 2.75) is 44.2 Å². The SMILES string of the molecule is N[C@@H]1C[C@@H](C(=O)NCCCc2ccccc2F)CC[C@H]1O. The number of carbonyl (C=O) groups is 1. The lowest BCUT2D eigenvalue weighted by molar-refractivity contribution is -0.126. The highest BCUT2D eigenvalue weighted by Gasteiger charge is 2.30. The van der Waals surface area contributed by atoms with E-state index in [0.29, 0.717) is 44.2 Å². The van der Waals surface area contributed by atoms with Crippen molar-refractivity contribution in [2.75, 3.05) is 6.54 Å². The molecule has 21 heavy (non-hydrogen) atoms. The zero-order chi connectivity index (χ0) is 15.2. The molecular weight excluding hydrogens is 271 g/mol. The summed E-state index contributed by atoms with van der Waals surface area (Å²) < 4.78 is 13.4. The molecule has 0 unspecified atom stereocenters. The molecule has 1 amide bonds. The Morgan fingerprint density at radius 3 is 2.86 bits per heavy atom. The molecule has 0 aromatic heterocycles. The van der Waals surface area contributed by atoms with E-state index >= 15 is 0 Å². The summed E-state index contributed by atoms with van der Waals surface area (Å²) in [5.41, 5.74) is 6.46. The largest absolute Gasteiger partial charge is 0.392 e. The van der Waals surface area contributed by atoms with Crippen LogP contribution in [0.3, 0.4) is 0 Å². The minimum atomic E-state index is -0.491. The third-order valence-electron chi connectivity index (χ3n) is 4.11. The van der Waals surface area contributed by atoms with Gasteiger partial charge in [-0.15, -0.1) is 0 Å². The lowest BCUT2D eigenvalue weighted by atomic mass is 9.83. The molecule has 116 valence electrons. The van der Waals surface area contributed by atoms with Crippen LogP contribution in [0.15, 0.2) is 24.3 Å². The summed E-state index contributed by atoms with van der Waals surface area (Å²) in [5, 5.41) is 12.4. The number of nitrogens with two attached hydrogens (primary N) is 1. The third kappa shape index (κ3) is 4.51. The van der Waals surface area contributed by atoms with Crippen molar-refractivity contribution in [2.24, 2.45) is 11.7 Å². The van der Waals surface area contributed by atoms with Crippen molar-refractivity contribution >= 4 is 5.91 Å². The Labute approximate surface area is 124 Å². The summed E-state index contributed by atoms with van der Waals surface area (Å²) in [6.45, 7) is 0.529. The first kappa shape index (κ1) is 15.9. The molecule has 0 radical (unpaired) electrons. The van der Waals surface area contributed by atoms with Gasteiger partial charge in [-0.05, 0) is 43.7 Å². The van der Waals surface area contributed by atoms with Crippen LogP contribution in [0.25, 0.3) is 0 Å². The molecule has 0 aliphatic heterocycles. The number of hydrogen-bond donors (Lipinski definition) is 3. The summed E-state index contributed by atoms with van der Waals surface area (Å²) in [5.74, 6) is -0.321. The first-order chi connectivity index (χ1) is 10.1. The minimum absolute atomic E-state index is 0.00844. The Morgan fingerprint density at radius 2 is 2.14 bits per heavy atom. The summed E-state index contributed by atoms with van der Waals surface area (Å²) in [6, 6.07) is 6.38. The van der Waals surface area contributed by atoms with Crippen LogP contribution < -0.4 is 11.1 Å². The fraction of sp³-hybridized carbons (Fsp3) is 0.562. The Hall–Kier alpha value is -1.46. The van der Waals surface area contributed by atoms with Gasteiger partial charge in [0.1, 0.15) is 5.82 Å². The van der Waals surface area contributed by atoms with E-state index in [-0.39, 0.29) is 23.7 Å². The van der Waals surface area contributed by atoms with Gasteiger partial charge in [-0.2, -0.15) is 0 Å². The summed E-state index contributed by atoms with van der Waals surface area (Å²) in [4.78, 5) is 12.0. The topological polar surface area (TPSA) is 75.4 Å².